The van der Waals surface area contributed by atoms with Gasteiger partial charge in [-0.2, -0.15) is 10.2 Å². The average molecular weight is 203 g/mol. The summed E-state index contributed by atoms with van der Waals surface area (Å²) >= 11 is 0. The molecule has 0 saturated heterocycles. The van der Waals surface area contributed by atoms with Crippen LogP contribution in [0.1, 0.15) is 17.1 Å². The van der Waals surface area contributed by atoms with Gasteiger partial charge in [-0.3, -0.25) is 0 Å². The topological polar surface area (TPSA) is 69.6 Å². The van der Waals surface area contributed by atoms with Crippen LogP contribution in [-0.2, 0) is 6.54 Å². The Balaban J connectivity index is 2.41. The average Bonchev–Trinajstić information content (AvgIpc) is 2.58. The summed E-state index contributed by atoms with van der Waals surface area (Å²) < 4.78 is 1.77. The number of nitrogens with two attached hydrogens (primary N) is 1. The van der Waals surface area contributed by atoms with Crippen LogP contribution in [0, 0.1) is 13.8 Å². The van der Waals surface area contributed by atoms with Gasteiger partial charge in [0.25, 0.3) is 0 Å². The van der Waals surface area contributed by atoms with Crippen LogP contribution >= 0.6 is 0 Å². The first kappa shape index (κ1) is 9.79. The zero-order valence-corrected chi connectivity index (χ0v) is 8.81. The van der Waals surface area contributed by atoms with Gasteiger partial charge in [0.1, 0.15) is 0 Å². The van der Waals surface area contributed by atoms with Crippen molar-refractivity contribution in [3.63, 3.8) is 0 Å². The van der Waals surface area contributed by atoms with Crippen LogP contribution in [0.25, 0.3) is 5.82 Å². The maximum Gasteiger partial charge on any atom is 0.175 e. The summed E-state index contributed by atoms with van der Waals surface area (Å²) in [6.07, 6.45) is 0. The van der Waals surface area contributed by atoms with Crippen molar-refractivity contribution in [1.29, 1.82) is 0 Å². The number of hydrogen-bond acceptors (Lipinski definition) is 4. The fourth-order valence-electron chi connectivity index (χ4n) is 1.44. The molecule has 2 aromatic heterocycles. The molecule has 0 radical (unpaired) electrons. The van der Waals surface area contributed by atoms with Crippen LogP contribution in [0.5, 0.6) is 0 Å². The zero-order chi connectivity index (χ0) is 10.8. The first-order valence-electron chi connectivity index (χ1n) is 4.77. The van der Waals surface area contributed by atoms with Crippen molar-refractivity contribution in [3.8, 4) is 5.82 Å². The molecule has 5 nitrogen and oxygen atoms in total. The Morgan fingerprint density at radius 3 is 2.53 bits per heavy atom. The predicted molar refractivity (Wildman–Crippen MR) is 56.5 cm³/mol. The van der Waals surface area contributed by atoms with E-state index in [1.165, 1.54) is 0 Å². The minimum absolute atomic E-state index is 0.407. The number of aromatic nitrogens is 4. The molecule has 0 atom stereocenters. The molecule has 0 aliphatic heterocycles. The summed E-state index contributed by atoms with van der Waals surface area (Å²) in [6, 6.07) is 5.73. The summed E-state index contributed by atoms with van der Waals surface area (Å²) in [5.74, 6) is 0.720. The smallest absolute Gasteiger partial charge is 0.175 e. The molecule has 15 heavy (non-hydrogen) atoms. The molecular weight excluding hydrogens is 190 g/mol. The first-order chi connectivity index (χ1) is 7.20. The third kappa shape index (κ3) is 1.87. The molecular formula is C10H13N5. The predicted octanol–water partition coefficient (Wildman–Crippen LogP) is 0.738. The largest absolute Gasteiger partial charge is 0.325 e. The molecule has 0 saturated carbocycles. The van der Waals surface area contributed by atoms with Gasteiger partial charge in [0.15, 0.2) is 5.82 Å². The van der Waals surface area contributed by atoms with E-state index in [0.717, 1.165) is 22.9 Å². The van der Waals surface area contributed by atoms with Gasteiger partial charge in [-0.25, -0.2) is 4.68 Å². The van der Waals surface area contributed by atoms with Crippen molar-refractivity contribution >= 4 is 0 Å². The lowest BCUT2D eigenvalue weighted by atomic mass is 10.4. The second-order valence-electron chi connectivity index (χ2n) is 3.43. The van der Waals surface area contributed by atoms with Crippen molar-refractivity contribution in [2.45, 2.75) is 20.4 Å². The molecule has 2 rings (SSSR count). The number of hydrogen-bond donors (Lipinski definition) is 1. The molecule has 5 heteroatoms. The number of nitrogens with zero attached hydrogens (tertiary/aromatic N) is 4. The highest BCUT2D eigenvalue weighted by Crippen LogP contribution is 2.08. The van der Waals surface area contributed by atoms with Crippen molar-refractivity contribution in [2.24, 2.45) is 5.73 Å². The van der Waals surface area contributed by atoms with Crippen LogP contribution in [0.4, 0.5) is 0 Å². The van der Waals surface area contributed by atoms with Gasteiger partial charge in [0.05, 0.1) is 11.4 Å². The van der Waals surface area contributed by atoms with E-state index in [2.05, 4.69) is 15.3 Å². The SMILES string of the molecule is Cc1cc(C)n(-c2ccc(CN)nn2)n1. The fourth-order valence-corrected chi connectivity index (χ4v) is 1.44. The molecule has 0 aliphatic rings. The van der Waals surface area contributed by atoms with Gasteiger partial charge in [0, 0.05) is 12.2 Å². The lowest BCUT2D eigenvalue weighted by Gasteiger charge is -2.02. The molecule has 2 heterocycles. The second-order valence-corrected chi connectivity index (χ2v) is 3.43. The molecule has 2 N–H and O–H groups in total. The van der Waals surface area contributed by atoms with E-state index < -0.39 is 0 Å². The third-order valence-corrected chi connectivity index (χ3v) is 2.14. The van der Waals surface area contributed by atoms with Gasteiger partial charge in [-0.1, -0.05) is 0 Å². The minimum Gasteiger partial charge on any atom is -0.325 e. The van der Waals surface area contributed by atoms with Gasteiger partial charge in [0.2, 0.25) is 0 Å². The molecule has 78 valence electrons. The monoisotopic (exact) mass is 203 g/mol. The van der Waals surface area contributed by atoms with E-state index in [9.17, 15) is 0 Å². The summed E-state index contributed by atoms with van der Waals surface area (Å²) in [6.45, 7) is 4.34. The Morgan fingerprint density at radius 2 is 2.07 bits per heavy atom. The summed E-state index contributed by atoms with van der Waals surface area (Å²) in [7, 11) is 0. The molecule has 0 fully saturated rings. The van der Waals surface area contributed by atoms with E-state index in [1.54, 1.807) is 4.68 Å². The van der Waals surface area contributed by atoms with E-state index in [0.29, 0.717) is 6.54 Å². The molecule has 0 spiro atoms. The van der Waals surface area contributed by atoms with Gasteiger partial charge >= 0.3 is 0 Å². The molecule has 0 bridgehead atoms. The highest BCUT2D eigenvalue weighted by molar-refractivity contribution is 5.24. The summed E-state index contributed by atoms with van der Waals surface area (Å²) in [5, 5.41) is 12.4. The quantitative estimate of drug-likeness (QED) is 0.781. The Morgan fingerprint density at radius 1 is 1.27 bits per heavy atom. The lowest BCUT2D eigenvalue weighted by molar-refractivity contribution is 0.767. The van der Waals surface area contributed by atoms with Crippen molar-refractivity contribution < 1.29 is 0 Å². The maximum atomic E-state index is 5.45. The van der Waals surface area contributed by atoms with E-state index in [-0.39, 0.29) is 0 Å². The Hall–Kier alpha value is -1.75. The van der Waals surface area contributed by atoms with Crippen LogP contribution in [0.2, 0.25) is 0 Å². The summed E-state index contributed by atoms with van der Waals surface area (Å²) in [4.78, 5) is 0. The molecule has 0 aromatic carbocycles. The number of aryl methyl sites for hydroxylation is 2. The first-order valence-corrected chi connectivity index (χ1v) is 4.77. The van der Waals surface area contributed by atoms with Crippen LogP contribution in [-0.4, -0.2) is 20.0 Å². The van der Waals surface area contributed by atoms with E-state index in [1.807, 2.05) is 32.0 Å². The van der Waals surface area contributed by atoms with Crippen molar-refractivity contribution in [1.82, 2.24) is 20.0 Å². The minimum atomic E-state index is 0.407. The molecule has 0 aliphatic carbocycles. The van der Waals surface area contributed by atoms with Crippen molar-refractivity contribution in [2.75, 3.05) is 0 Å². The Kier molecular flexibility index (Phi) is 2.47. The number of rotatable bonds is 2. The lowest BCUT2D eigenvalue weighted by Crippen LogP contribution is -2.06. The third-order valence-electron chi connectivity index (χ3n) is 2.14. The molecule has 0 unspecified atom stereocenters. The highest BCUT2D eigenvalue weighted by Gasteiger charge is 2.04. The standard InChI is InChI=1S/C10H13N5/c1-7-5-8(2)15(14-7)10-4-3-9(6-11)12-13-10/h3-5H,6,11H2,1-2H3. The molecule has 2 aromatic rings. The van der Waals surface area contributed by atoms with E-state index >= 15 is 0 Å². The van der Waals surface area contributed by atoms with Gasteiger partial charge in [-0.05, 0) is 32.0 Å². The summed E-state index contributed by atoms with van der Waals surface area (Å²) in [5.41, 5.74) is 8.24. The second kappa shape index (κ2) is 3.78. The maximum absolute atomic E-state index is 5.45. The van der Waals surface area contributed by atoms with E-state index in [4.69, 9.17) is 5.73 Å². The van der Waals surface area contributed by atoms with Gasteiger partial charge < -0.3 is 5.73 Å². The van der Waals surface area contributed by atoms with Crippen LogP contribution in [0.3, 0.4) is 0 Å². The van der Waals surface area contributed by atoms with Crippen LogP contribution < -0.4 is 5.73 Å². The van der Waals surface area contributed by atoms with Crippen LogP contribution in [0.15, 0.2) is 18.2 Å². The Bertz CT molecular complexity index is 457. The van der Waals surface area contributed by atoms with Crippen molar-refractivity contribution in [3.05, 3.63) is 35.3 Å². The Labute approximate surface area is 87.9 Å². The highest BCUT2D eigenvalue weighted by atomic mass is 15.3. The normalized spacial score (nSPS) is 10.6. The zero-order valence-electron chi connectivity index (χ0n) is 8.81. The molecule has 0 amide bonds. The fraction of sp³-hybridized carbons (Fsp3) is 0.300. The van der Waals surface area contributed by atoms with Gasteiger partial charge in [-0.15, -0.1) is 5.10 Å².